The van der Waals surface area contributed by atoms with E-state index in [1.807, 2.05) is 18.2 Å². The van der Waals surface area contributed by atoms with Gasteiger partial charge in [-0.1, -0.05) is 6.07 Å². The van der Waals surface area contributed by atoms with Crippen LogP contribution in [0.3, 0.4) is 0 Å². The quantitative estimate of drug-likeness (QED) is 0.425. The maximum absolute atomic E-state index is 13.2. The third kappa shape index (κ3) is 4.67. The van der Waals surface area contributed by atoms with E-state index in [1.54, 1.807) is 40.5 Å². The summed E-state index contributed by atoms with van der Waals surface area (Å²) in [6.45, 7) is 3.52. The van der Waals surface area contributed by atoms with Crippen LogP contribution in [-0.2, 0) is 4.79 Å². The first-order valence-corrected chi connectivity index (χ1v) is 11.7. The number of methoxy groups -OCH3 is 1. The van der Waals surface area contributed by atoms with Crippen molar-refractivity contribution in [2.24, 2.45) is 0 Å². The molecule has 2 amide bonds. The fourth-order valence-electron chi connectivity index (χ4n) is 4.41. The Bertz CT molecular complexity index is 1560. The van der Waals surface area contributed by atoms with Crippen molar-refractivity contribution in [3.63, 3.8) is 0 Å². The third-order valence-corrected chi connectivity index (χ3v) is 6.40. The van der Waals surface area contributed by atoms with Gasteiger partial charge in [0.1, 0.15) is 18.0 Å². The molecule has 0 aliphatic carbocycles. The van der Waals surface area contributed by atoms with Crippen LogP contribution in [0, 0.1) is 11.3 Å². The molecule has 1 aliphatic rings. The van der Waals surface area contributed by atoms with Crippen molar-refractivity contribution >= 4 is 22.7 Å². The fraction of sp³-hybridized carbons (Fsp3) is 0.222. The SMILES string of the molecule is COc1ncc(-c2ccc3ncnc(-c4cncc(C(=O)N5CCN(C(C)=O)CC5)c4)c3c2)cc1C#N. The molecular weight excluding hydrogens is 470 g/mol. The molecule has 0 saturated carbocycles. The van der Waals surface area contributed by atoms with Crippen LogP contribution in [0.2, 0.25) is 0 Å². The summed E-state index contributed by atoms with van der Waals surface area (Å²) in [6.07, 6.45) is 6.35. The van der Waals surface area contributed by atoms with Gasteiger partial charge in [-0.2, -0.15) is 5.26 Å². The third-order valence-electron chi connectivity index (χ3n) is 6.40. The number of carbonyl (C=O) groups is 2. The molecule has 1 aromatic carbocycles. The van der Waals surface area contributed by atoms with Crippen LogP contribution in [0.5, 0.6) is 5.88 Å². The topological polar surface area (TPSA) is 125 Å². The summed E-state index contributed by atoms with van der Waals surface area (Å²) in [5, 5.41) is 10.2. The van der Waals surface area contributed by atoms with Gasteiger partial charge in [0, 0.05) is 68.2 Å². The molecule has 0 radical (unpaired) electrons. The molecule has 0 atom stereocenters. The molecule has 3 aromatic heterocycles. The number of rotatable bonds is 4. The van der Waals surface area contributed by atoms with E-state index in [9.17, 15) is 14.9 Å². The Hall–Kier alpha value is -4.91. The summed E-state index contributed by atoms with van der Waals surface area (Å²) in [5.74, 6) is 0.149. The predicted octanol–water partition coefficient (Wildman–Crippen LogP) is 2.94. The van der Waals surface area contributed by atoms with Crippen LogP contribution in [0.4, 0.5) is 0 Å². The van der Waals surface area contributed by atoms with Gasteiger partial charge in [-0.25, -0.2) is 15.0 Å². The normalized spacial score (nSPS) is 13.3. The second kappa shape index (κ2) is 9.99. The second-order valence-electron chi connectivity index (χ2n) is 8.61. The number of hydrogen-bond acceptors (Lipinski definition) is 8. The van der Waals surface area contributed by atoms with Crippen LogP contribution in [0.25, 0.3) is 33.3 Å². The lowest BCUT2D eigenvalue weighted by atomic mass is 10.0. The molecule has 5 rings (SSSR count). The average Bonchev–Trinajstić information content (AvgIpc) is 2.95. The lowest BCUT2D eigenvalue weighted by molar-refractivity contribution is -0.130. The van der Waals surface area contributed by atoms with E-state index < -0.39 is 0 Å². The van der Waals surface area contributed by atoms with Crippen molar-refractivity contribution in [2.45, 2.75) is 6.92 Å². The highest BCUT2D eigenvalue weighted by atomic mass is 16.5. The largest absolute Gasteiger partial charge is 0.480 e. The predicted molar refractivity (Wildman–Crippen MR) is 135 cm³/mol. The number of hydrogen-bond donors (Lipinski definition) is 0. The zero-order valence-corrected chi connectivity index (χ0v) is 20.4. The maximum Gasteiger partial charge on any atom is 0.255 e. The van der Waals surface area contributed by atoms with Gasteiger partial charge in [0.05, 0.1) is 23.9 Å². The Morgan fingerprint density at radius 2 is 1.70 bits per heavy atom. The highest BCUT2D eigenvalue weighted by Gasteiger charge is 2.24. The first-order chi connectivity index (χ1) is 18.0. The number of amides is 2. The molecule has 1 aliphatic heterocycles. The van der Waals surface area contributed by atoms with E-state index >= 15 is 0 Å². The van der Waals surface area contributed by atoms with E-state index in [1.165, 1.54) is 20.4 Å². The monoisotopic (exact) mass is 493 g/mol. The van der Waals surface area contributed by atoms with E-state index in [4.69, 9.17) is 4.74 Å². The van der Waals surface area contributed by atoms with Crippen molar-refractivity contribution in [3.8, 4) is 34.3 Å². The molecule has 0 bridgehead atoms. The molecule has 37 heavy (non-hydrogen) atoms. The molecule has 184 valence electrons. The van der Waals surface area contributed by atoms with Crippen LogP contribution < -0.4 is 4.74 Å². The lowest BCUT2D eigenvalue weighted by Crippen LogP contribution is -2.50. The number of benzene rings is 1. The summed E-state index contributed by atoms with van der Waals surface area (Å²) >= 11 is 0. The number of nitriles is 1. The molecule has 1 fully saturated rings. The van der Waals surface area contributed by atoms with E-state index in [0.717, 1.165) is 22.0 Å². The molecule has 1 saturated heterocycles. The number of piperazine rings is 1. The van der Waals surface area contributed by atoms with Crippen LogP contribution in [0.1, 0.15) is 22.8 Å². The molecule has 0 spiro atoms. The highest BCUT2D eigenvalue weighted by molar-refractivity contribution is 5.98. The molecule has 10 heteroatoms. The molecular formula is C27H23N7O3. The summed E-state index contributed by atoms with van der Waals surface area (Å²) < 4.78 is 5.16. The number of carbonyl (C=O) groups excluding carboxylic acids is 2. The molecule has 10 nitrogen and oxygen atoms in total. The van der Waals surface area contributed by atoms with E-state index in [0.29, 0.717) is 48.6 Å². The molecule has 4 heterocycles. The molecule has 0 N–H and O–H groups in total. The first kappa shape index (κ1) is 23.8. The number of aromatic nitrogens is 4. The second-order valence-corrected chi connectivity index (χ2v) is 8.61. The van der Waals surface area contributed by atoms with Crippen LogP contribution in [-0.4, -0.2) is 74.8 Å². The Kier molecular flexibility index (Phi) is 6.43. The van der Waals surface area contributed by atoms with Gasteiger partial charge in [0.15, 0.2) is 0 Å². The van der Waals surface area contributed by atoms with Crippen LogP contribution in [0.15, 0.2) is 55.2 Å². The van der Waals surface area contributed by atoms with Crippen molar-refractivity contribution in [1.82, 2.24) is 29.7 Å². The smallest absolute Gasteiger partial charge is 0.255 e. The van der Waals surface area contributed by atoms with Gasteiger partial charge >= 0.3 is 0 Å². The van der Waals surface area contributed by atoms with Crippen LogP contribution >= 0.6 is 0 Å². The standard InChI is InChI=1S/C27H23N7O3/c1-17(35)33-5-7-34(8-6-33)27(36)22-10-21(13-29-14-22)25-23-11-18(3-4-24(23)31-16-32-25)20-9-19(12-28)26(37-2)30-15-20/h3-4,9-11,13-16H,5-8H2,1-2H3. The summed E-state index contributed by atoms with van der Waals surface area (Å²) in [7, 11) is 1.47. The van der Waals surface area contributed by atoms with E-state index in [2.05, 4.69) is 26.0 Å². The van der Waals surface area contributed by atoms with Crippen molar-refractivity contribution < 1.29 is 14.3 Å². The van der Waals surface area contributed by atoms with Gasteiger partial charge in [0.25, 0.3) is 5.91 Å². The number of ether oxygens (including phenoxy) is 1. The van der Waals surface area contributed by atoms with Crippen molar-refractivity contribution in [1.29, 1.82) is 5.26 Å². The number of nitrogens with zero attached hydrogens (tertiary/aromatic N) is 7. The minimum absolute atomic E-state index is 0.0139. The van der Waals surface area contributed by atoms with Gasteiger partial charge in [-0.3, -0.25) is 14.6 Å². The van der Waals surface area contributed by atoms with Crippen molar-refractivity contribution in [2.75, 3.05) is 33.3 Å². The van der Waals surface area contributed by atoms with Gasteiger partial charge in [-0.05, 0) is 29.8 Å². The van der Waals surface area contributed by atoms with Gasteiger partial charge < -0.3 is 14.5 Å². The van der Waals surface area contributed by atoms with Crippen molar-refractivity contribution in [3.05, 3.63) is 66.4 Å². The maximum atomic E-state index is 13.2. The summed E-state index contributed by atoms with van der Waals surface area (Å²) in [4.78, 5) is 45.7. The van der Waals surface area contributed by atoms with Gasteiger partial charge in [0.2, 0.25) is 11.8 Å². The Balaban J connectivity index is 1.49. The first-order valence-electron chi connectivity index (χ1n) is 11.7. The summed E-state index contributed by atoms with van der Waals surface area (Å²) in [5.41, 5.74) is 4.42. The average molecular weight is 494 g/mol. The van der Waals surface area contributed by atoms with E-state index in [-0.39, 0.29) is 17.7 Å². The minimum Gasteiger partial charge on any atom is -0.480 e. The summed E-state index contributed by atoms with van der Waals surface area (Å²) in [6, 6.07) is 11.3. The van der Waals surface area contributed by atoms with Gasteiger partial charge in [-0.15, -0.1) is 0 Å². The molecule has 4 aromatic rings. The fourth-order valence-corrected chi connectivity index (χ4v) is 4.41. The highest BCUT2D eigenvalue weighted by Crippen LogP contribution is 2.31. The Morgan fingerprint density at radius 1 is 0.919 bits per heavy atom. The number of pyridine rings is 2. The lowest BCUT2D eigenvalue weighted by Gasteiger charge is -2.34. The Morgan fingerprint density at radius 3 is 2.43 bits per heavy atom. The Labute approximate surface area is 213 Å². The number of fused-ring (bicyclic) bond motifs is 1. The molecule has 0 unspecified atom stereocenters. The minimum atomic E-state index is -0.134. The zero-order valence-electron chi connectivity index (χ0n) is 20.4. The zero-order chi connectivity index (χ0) is 25.9.